The van der Waals surface area contributed by atoms with Crippen LogP contribution in [0.2, 0.25) is 0 Å². The number of nitrogens with zero attached hydrogens (tertiary/aromatic N) is 1. The fourth-order valence-electron chi connectivity index (χ4n) is 3.49. The van der Waals surface area contributed by atoms with Gasteiger partial charge in [-0.3, -0.25) is 4.79 Å². The summed E-state index contributed by atoms with van der Waals surface area (Å²) >= 11 is 0. The predicted molar refractivity (Wildman–Crippen MR) is 101 cm³/mol. The summed E-state index contributed by atoms with van der Waals surface area (Å²) < 4.78 is 5.65. The van der Waals surface area contributed by atoms with Gasteiger partial charge in [-0.25, -0.2) is 0 Å². The van der Waals surface area contributed by atoms with Crippen LogP contribution >= 0.6 is 12.4 Å². The van der Waals surface area contributed by atoms with Crippen molar-refractivity contribution in [3.8, 4) is 5.75 Å². The maximum atomic E-state index is 12.7. The minimum atomic E-state index is 0. The fraction of sp³-hybridized carbons (Fsp3) is 0.632. The van der Waals surface area contributed by atoms with Crippen molar-refractivity contribution in [2.75, 3.05) is 20.2 Å². The van der Waals surface area contributed by atoms with Crippen LogP contribution in [0, 0.1) is 5.41 Å². The maximum absolute atomic E-state index is 12.7. The van der Waals surface area contributed by atoms with E-state index in [1.165, 1.54) is 19.3 Å². The molecule has 0 spiro atoms. The summed E-state index contributed by atoms with van der Waals surface area (Å²) in [7, 11) is 1.87. The van der Waals surface area contributed by atoms with Crippen LogP contribution in [0.25, 0.3) is 0 Å². The molecule has 0 aliphatic heterocycles. The van der Waals surface area contributed by atoms with Crippen molar-refractivity contribution < 1.29 is 9.53 Å². The monoisotopic (exact) mass is 354 g/mol. The highest BCUT2D eigenvalue weighted by Crippen LogP contribution is 2.38. The second kappa shape index (κ2) is 9.90. The van der Waals surface area contributed by atoms with E-state index in [1.807, 2.05) is 43.1 Å². The van der Waals surface area contributed by atoms with Gasteiger partial charge in [-0.1, -0.05) is 37.5 Å². The van der Waals surface area contributed by atoms with Crippen molar-refractivity contribution >= 4 is 18.3 Å². The number of ether oxygens (including phenoxy) is 1. The van der Waals surface area contributed by atoms with Gasteiger partial charge in [0.05, 0.1) is 6.61 Å². The Morgan fingerprint density at radius 3 is 2.54 bits per heavy atom. The van der Waals surface area contributed by atoms with E-state index in [0.29, 0.717) is 26.1 Å². The minimum absolute atomic E-state index is 0. The van der Waals surface area contributed by atoms with E-state index >= 15 is 0 Å². The molecule has 0 radical (unpaired) electrons. The lowest BCUT2D eigenvalue weighted by Crippen LogP contribution is -2.39. The summed E-state index contributed by atoms with van der Waals surface area (Å²) in [5, 5.41) is 0. The summed E-state index contributed by atoms with van der Waals surface area (Å²) in [5.74, 6) is 1.05. The number of halogens is 1. The molecule has 4 nitrogen and oxygen atoms in total. The normalized spacial score (nSPS) is 16.1. The van der Waals surface area contributed by atoms with Gasteiger partial charge < -0.3 is 15.4 Å². The standard InChI is InChI=1S/C19H30N2O2.ClH/c1-3-23-17-10-6-5-9-16(17)14-21(2)18(22)13-19(15-20)11-7-4-8-12-19;/h5-6,9-10H,3-4,7-8,11-15,20H2,1-2H3;1H. The zero-order chi connectivity index (χ0) is 16.7. The van der Waals surface area contributed by atoms with Crippen molar-refractivity contribution in [1.29, 1.82) is 0 Å². The Morgan fingerprint density at radius 1 is 1.25 bits per heavy atom. The Kier molecular flexibility index (Phi) is 8.57. The topological polar surface area (TPSA) is 55.6 Å². The first-order valence-electron chi connectivity index (χ1n) is 8.75. The molecule has 1 amide bonds. The lowest BCUT2D eigenvalue weighted by Gasteiger charge is -2.36. The average Bonchev–Trinajstić information content (AvgIpc) is 2.57. The molecule has 0 atom stereocenters. The zero-order valence-electron chi connectivity index (χ0n) is 14.9. The number of nitrogens with two attached hydrogens (primary N) is 1. The Labute approximate surface area is 152 Å². The first-order valence-corrected chi connectivity index (χ1v) is 8.75. The molecule has 2 N–H and O–H groups in total. The number of para-hydroxylation sites is 1. The molecule has 5 heteroatoms. The lowest BCUT2D eigenvalue weighted by atomic mass is 9.71. The van der Waals surface area contributed by atoms with Gasteiger partial charge >= 0.3 is 0 Å². The van der Waals surface area contributed by atoms with Gasteiger partial charge in [-0.05, 0) is 37.8 Å². The van der Waals surface area contributed by atoms with Gasteiger partial charge in [-0.15, -0.1) is 12.4 Å². The van der Waals surface area contributed by atoms with E-state index in [9.17, 15) is 4.79 Å². The summed E-state index contributed by atoms with van der Waals surface area (Å²) in [5.41, 5.74) is 7.08. The van der Waals surface area contributed by atoms with Crippen molar-refractivity contribution in [3.63, 3.8) is 0 Å². The third-order valence-corrected chi connectivity index (χ3v) is 4.98. The van der Waals surface area contributed by atoms with Crippen molar-refractivity contribution in [2.45, 2.75) is 52.0 Å². The molecule has 0 unspecified atom stereocenters. The molecular weight excluding hydrogens is 324 g/mol. The third kappa shape index (κ3) is 5.38. The van der Waals surface area contributed by atoms with E-state index in [1.54, 1.807) is 0 Å². The number of hydrogen-bond acceptors (Lipinski definition) is 3. The molecule has 1 aliphatic carbocycles. The van der Waals surface area contributed by atoms with E-state index in [4.69, 9.17) is 10.5 Å². The van der Waals surface area contributed by atoms with Crippen LogP contribution in [0.15, 0.2) is 24.3 Å². The Bertz CT molecular complexity index is 516. The summed E-state index contributed by atoms with van der Waals surface area (Å²) in [4.78, 5) is 14.5. The second-order valence-electron chi connectivity index (χ2n) is 6.73. The van der Waals surface area contributed by atoms with E-state index in [-0.39, 0.29) is 23.7 Å². The van der Waals surface area contributed by atoms with Crippen LogP contribution in [0.3, 0.4) is 0 Å². The molecule has 24 heavy (non-hydrogen) atoms. The highest BCUT2D eigenvalue weighted by molar-refractivity contribution is 5.85. The van der Waals surface area contributed by atoms with Gasteiger partial charge in [0.25, 0.3) is 0 Å². The fourth-order valence-corrected chi connectivity index (χ4v) is 3.49. The molecule has 2 rings (SSSR count). The van der Waals surface area contributed by atoms with Crippen LogP contribution in [-0.4, -0.2) is 31.0 Å². The van der Waals surface area contributed by atoms with Gasteiger partial charge in [0.1, 0.15) is 5.75 Å². The highest BCUT2D eigenvalue weighted by atomic mass is 35.5. The highest BCUT2D eigenvalue weighted by Gasteiger charge is 2.33. The van der Waals surface area contributed by atoms with Crippen molar-refractivity contribution in [3.05, 3.63) is 29.8 Å². The van der Waals surface area contributed by atoms with Gasteiger partial charge in [0.15, 0.2) is 0 Å². The number of hydrogen-bond donors (Lipinski definition) is 1. The number of carbonyl (C=O) groups excluding carboxylic acids is 1. The van der Waals surface area contributed by atoms with E-state index < -0.39 is 0 Å². The summed E-state index contributed by atoms with van der Waals surface area (Å²) in [6, 6.07) is 7.92. The molecule has 0 bridgehead atoms. The molecule has 0 aromatic heterocycles. The maximum Gasteiger partial charge on any atom is 0.223 e. The van der Waals surface area contributed by atoms with Crippen LogP contribution < -0.4 is 10.5 Å². The molecule has 1 fully saturated rings. The lowest BCUT2D eigenvalue weighted by molar-refractivity contribution is -0.133. The number of carbonyl (C=O) groups is 1. The first-order chi connectivity index (χ1) is 11.1. The molecule has 1 saturated carbocycles. The van der Waals surface area contributed by atoms with E-state index in [0.717, 1.165) is 24.2 Å². The van der Waals surface area contributed by atoms with Crippen LogP contribution in [0.4, 0.5) is 0 Å². The van der Waals surface area contributed by atoms with Crippen molar-refractivity contribution in [1.82, 2.24) is 4.90 Å². The molecule has 136 valence electrons. The summed E-state index contributed by atoms with van der Waals surface area (Å²) in [6.07, 6.45) is 6.39. The minimum Gasteiger partial charge on any atom is -0.494 e. The van der Waals surface area contributed by atoms with Crippen LogP contribution in [0.5, 0.6) is 5.75 Å². The third-order valence-electron chi connectivity index (χ3n) is 4.98. The molecule has 1 aliphatic rings. The van der Waals surface area contributed by atoms with Gasteiger partial charge in [-0.2, -0.15) is 0 Å². The van der Waals surface area contributed by atoms with Crippen LogP contribution in [-0.2, 0) is 11.3 Å². The van der Waals surface area contributed by atoms with Gasteiger partial charge in [0, 0.05) is 25.6 Å². The van der Waals surface area contributed by atoms with E-state index in [2.05, 4.69) is 0 Å². The molecular formula is C19H31ClN2O2. The van der Waals surface area contributed by atoms with Crippen molar-refractivity contribution in [2.24, 2.45) is 11.1 Å². The Balaban J connectivity index is 0.00000288. The zero-order valence-corrected chi connectivity index (χ0v) is 15.7. The largest absolute Gasteiger partial charge is 0.494 e. The summed E-state index contributed by atoms with van der Waals surface area (Å²) in [6.45, 7) is 3.79. The first kappa shape index (κ1) is 20.8. The molecule has 0 heterocycles. The number of amides is 1. The number of rotatable bonds is 7. The Hall–Kier alpha value is -1.26. The quantitative estimate of drug-likeness (QED) is 0.811. The molecule has 1 aromatic rings. The molecule has 1 aromatic carbocycles. The predicted octanol–water partition coefficient (Wildman–Crippen LogP) is 3.76. The van der Waals surface area contributed by atoms with Crippen LogP contribution in [0.1, 0.15) is 51.0 Å². The second-order valence-corrected chi connectivity index (χ2v) is 6.73. The SMILES string of the molecule is CCOc1ccccc1CN(C)C(=O)CC1(CN)CCCCC1.Cl. The van der Waals surface area contributed by atoms with Gasteiger partial charge in [0.2, 0.25) is 5.91 Å². The average molecular weight is 355 g/mol. The number of benzene rings is 1. The Morgan fingerprint density at radius 2 is 1.92 bits per heavy atom. The molecule has 0 saturated heterocycles. The smallest absolute Gasteiger partial charge is 0.223 e.